The number of hydrogen-bond acceptors (Lipinski definition) is 9. The lowest BCUT2D eigenvalue weighted by Gasteiger charge is -2.53. The minimum atomic E-state index is -1.08. The summed E-state index contributed by atoms with van der Waals surface area (Å²) in [6.07, 6.45) is 10.00. The maximum atomic E-state index is 14.4. The van der Waals surface area contributed by atoms with Crippen molar-refractivity contribution in [3.63, 3.8) is 0 Å². The van der Waals surface area contributed by atoms with Crippen LogP contribution in [-0.4, -0.2) is 81.1 Å². The molecule has 3 fully saturated rings. The molecule has 300 valence electrons. The van der Waals surface area contributed by atoms with Crippen molar-refractivity contribution in [3.8, 4) is 0 Å². The van der Waals surface area contributed by atoms with E-state index in [4.69, 9.17) is 23.7 Å². The van der Waals surface area contributed by atoms with Gasteiger partial charge in [0.25, 0.3) is 0 Å². The first-order valence-corrected chi connectivity index (χ1v) is 20.7. The van der Waals surface area contributed by atoms with E-state index in [1.807, 2.05) is 26.8 Å². The van der Waals surface area contributed by atoms with Crippen LogP contribution in [0.25, 0.3) is 0 Å². The van der Waals surface area contributed by atoms with Crippen molar-refractivity contribution in [2.24, 2.45) is 41.4 Å². The Kier molecular flexibility index (Phi) is 15.0. The van der Waals surface area contributed by atoms with Crippen LogP contribution in [0.2, 0.25) is 0 Å². The fourth-order valence-electron chi connectivity index (χ4n) is 9.90. The lowest BCUT2D eigenvalue weighted by Crippen LogP contribution is -2.59. The lowest BCUT2D eigenvalue weighted by atomic mass is 9.72. The molecule has 52 heavy (non-hydrogen) atoms. The molecule has 0 aliphatic carbocycles. The molecule has 3 N–H and O–H groups in total. The number of aliphatic carboxylic acids is 1. The highest BCUT2D eigenvalue weighted by Gasteiger charge is 2.59. The molecule has 0 saturated carbocycles. The summed E-state index contributed by atoms with van der Waals surface area (Å²) in [6, 6.07) is 0. The van der Waals surface area contributed by atoms with Crippen molar-refractivity contribution in [1.82, 2.24) is 0 Å². The van der Waals surface area contributed by atoms with Gasteiger partial charge in [-0.25, -0.2) is 0 Å². The summed E-state index contributed by atoms with van der Waals surface area (Å²) in [5.74, 6) is -4.76. The molecule has 0 aromatic carbocycles. The molecule has 10 nitrogen and oxygen atoms in total. The van der Waals surface area contributed by atoms with Gasteiger partial charge in [-0.3, -0.25) is 9.59 Å². The van der Waals surface area contributed by atoms with Crippen LogP contribution in [0.15, 0.2) is 12.2 Å². The molecule has 3 saturated heterocycles. The molecule has 16 atom stereocenters. The van der Waals surface area contributed by atoms with Gasteiger partial charge in [-0.2, -0.15) is 0 Å². The maximum Gasteiger partial charge on any atom is 0.309 e. The summed E-state index contributed by atoms with van der Waals surface area (Å²) < 4.78 is 33.4. The molecular weight excluding hydrogens is 664 g/mol. The summed E-state index contributed by atoms with van der Waals surface area (Å²) in [5.41, 5.74) is -0.642. The zero-order valence-electron chi connectivity index (χ0n) is 33.8. The molecule has 4 aliphatic heterocycles. The number of hydrogen-bond donors (Lipinski definition) is 3. The normalized spacial score (nSPS) is 39.2. The second-order valence-electron chi connectivity index (χ2n) is 17.3. The third-order valence-electron chi connectivity index (χ3n) is 13.2. The molecule has 0 amide bonds. The van der Waals surface area contributed by atoms with Crippen molar-refractivity contribution >= 4 is 11.8 Å². The van der Waals surface area contributed by atoms with Crippen LogP contribution in [0.5, 0.6) is 0 Å². The van der Waals surface area contributed by atoms with Gasteiger partial charge in [0.05, 0.1) is 42.0 Å². The van der Waals surface area contributed by atoms with Crippen LogP contribution in [0.3, 0.4) is 0 Å². The quantitative estimate of drug-likeness (QED) is 0.0769. The Morgan fingerprint density at radius 1 is 0.923 bits per heavy atom. The molecule has 0 radical (unpaired) electrons. The van der Waals surface area contributed by atoms with Crippen LogP contribution in [0.1, 0.15) is 146 Å². The predicted octanol–water partition coefficient (Wildman–Crippen LogP) is 7.81. The molecule has 0 bridgehead atoms. The third kappa shape index (κ3) is 9.34. The Labute approximate surface area is 313 Å². The van der Waals surface area contributed by atoms with E-state index in [2.05, 4.69) is 40.7 Å². The predicted molar refractivity (Wildman–Crippen MR) is 199 cm³/mol. The fourth-order valence-corrected chi connectivity index (χ4v) is 9.90. The Balaban J connectivity index is 1.50. The van der Waals surface area contributed by atoms with E-state index in [-0.39, 0.29) is 41.7 Å². The summed E-state index contributed by atoms with van der Waals surface area (Å²) in [4.78, 5) is 26.3. The summed E-state index contributed by atoms with van der Waals surface area (Å²) in [5, 5.41) is 31.7. The summed E-state index contributed by atoms with van der Waals surface area (Å²) >= 11 is 0. The Hall–Kier alpha value is -1.40. The zero-order valence-corrected chi connectivity index (χ0v) is 33.8. The number of aliphatic hydroxyl groups excluding tert-OH is 2. The van der Waals surface area contributed by atoms with E-state index in [1.54, 1.807) is 13.8 Å². The number of ketones is 1. The summed E-state index contributed by atoms with van der Waals surface area (Å²) in [7, 11) is 0. The number of unbranched alkanes of at least 4 members (excludes halogenated alkanes) is 2. The van der Waals surface area contributed by atoms with Gasteiger partial charge in [0.1, 0.15) is 5.78 Å². The summed E-state index contributed by atoms with van der Waals surface area (Å²) in [6.45, 7) is 19.8. The van der Waals surface area contributed by atoms with Crippen molar-refractivity contribution in [3.05, 3.63) is 12.2 Å². The number of carboxylic acids is 1. The number of ether oxygens (including phenoxy) is 5. The molecule has 4 aliphatic rings. The standard InChI is InChI=1S/C42H72O10/c1-11-14-15-17-34(48-30(9)43)40(10)22-23-41(51-40)20-16-21-42(52-41)27(6)24-26(5)38(50-42)32(13-3)36(45)28(7)35(44)29(8)37-25(4)18-19-33(49-37)31(12-2)39(46)47/h16,21,25-35,37-38,43-44H,11-15,17-20,22-24H2,1-10H3,(H,46,47)/t25-,26-,27+,28-,29-,30-,31+,32-,33+,34+,35+,37?,38-,40-,41+,42?/m0/s1. The van der Waals surface area contributed by atoms with E-state index in [9.17, 15) is 24.9 Å². The number of Topliss-reactive ketones (excluding diaryl/α,β-unsaturated/α-hetero) is 1. The number of carbonyl (C=O) groups excluding carboxylic acids is 1. The average molecular weight is 737 g/mol. The number of carboxylic acid groups (broad SMARTS) is 1. The largest absolute Gasteiger partial charge is 0.481 e. The van der Waals surface area contributed by atoms with Gasteiger partial charge in [0.15, 0.2) is 17.9 Å². The van der Waals surface area contributed by atoms with Crippen LogP contribution in [-0.2, 0) is 33.3 Å². The van der Waals surface area contributed by atoms with Crippen LogP contribution in [0.4, 0.5) is 0 Å². The van der Waals surface area contributed by atoms with E-state index in [0.29, 0.717) is 32.1 Å². The van der Waals surface area contributed by atoms with Crippen molar-refractivity contribution in [2.75, 3.05) is 0 Å². The topological polar surface area (TPSA) is 141 Å². The Morgan fingerprint density at radius 2 is 1.62 bits per heavy atom. The minimum absolute atomic E-state index is 0.00275. The minimum Gasteiger partial charge on any atom is -0.481 e. The SMILES string of the molecule is CCCCC[C@@H](O[C@@H](C)O)[C@]1(C)CC[C@]2(CC=CC3(O[C@H]([C@@H](CC)C(=O)[C@@H](C)[C@@H](O)[C@H](C)C4O[C@@H]([C@@H](CC)C(=O)O)CC[C@@H]4C)[C@@H](C)C[C@H]3C)O2)O1. The monoisotopic (exact) mass is 737 g/mol. The first kappa shape index (κ1) is 43.3. The van der Waals surface area contributed by atoms with Gasteiger partial charge >= 0.3 is 5.97 Å². The van der Waals surface area contributed by atoms with E-state index >= 15 is 0 Å². The molecule has 2 unspecified atom stereocenters. The number of aliphatic hydroxyl groups is 2. The van der Waals surface area contributed by atoms with Crippen molar-refractivity contribution in [2.45, 2.75) is 200 Å². The molecule has 0 aromatic rings. The van der Waals surface area contributed by atoms with Crippen LogP contribution >= 0.6 is 0 Å². The van der Waals surface area contributed by atoms with Crippen LogP contribution < -0.4 is 0 Å². The van der Waals surface area contributed by atoms with Gasteiger partial charge in [-0.15, -0.1) is 0 Å². The van der Waals surface area contributed by atoms with Gasteiger partial charge < -0.3 is 39.0 Å². The smallest absolute Gasteiger partial charge is 0.309 e. The molecule has 0 aromatic heterocycles. The van der Waals surface area contributed by atoms with Crippen molar-refractivity contribution in [1.29, 1.82) is 0 Å². The van der Waals surface area contributed by atoms with E-state index in [0.717, 1.165) is 44.9 Å². The zero-order chi connectivity index (χ0) is 38.6. The van der Waals surface area contributed by atoms with E-state index in [1.165, 1.54) is 0 Å². The van der Waals surface area contributed by atoms with Gasteiger partial charge in [-0.05, 0) is 76.7 Å². The second kappa shape index (κ2) is 18.0. The van der Waals surface area contributed by atoms with Gasteiger partial charge in [0, 0.05) is 36.5 Å². The molecule has 4 heterocycles. The fraction of sp³-hybridized carbons (Fsp3) is 0.905. The maximum absolute atomic E-state index is 14.4. The first-order chi connectivity index (χ1) is 24.5. The van der Waals surface area contributed by atoms with Gasteiger partial charge in [-0.1, -0.05) is 80.7 Å². The average Bonchev–Trinajstić information content (AvgIpc) is 3.42. The van der Waals surface area contributed by atoms with Crippen LogP contribution in [0, 0.1) is 41.4 Å². The van der Waals surface area contributed by atoms with E-state index < -0.39 is 65.5 Å². The Morgan fingerprint density at radius 3 is 2.23 bits per heavy atom. The molecule has 2 spiro atoms. The molecular formula is C42H72O10. The first-order valence-electron chi connectivity index (χ1n) is 20.7. The number of rotatable bonds is 17. The van der Waals surface area contributed by atoms with Gasteiger partial charge in [0.2, 0.25) is 0 Å². The molecule has 4 rings (SSSR count). The lowest BCUT2D eigenvalue weighted by molar-refractivity contribution is -0.393. The highest BCUT2D eigenvalue weighted by Crippen LogP contribution is 2.53. The van der Waals surface area contributed by atoms with Crippen molar-refractivity contribution < 1.29 is 48.6 Å². The highest BCUT2D eigenvalue weighted by molar-refractivity contribution is 5.84. The third-order valence-corrected chi connectivity index (χ3v) is 13.2. The highest BCUT2D eigenvalue weighted by atomic mass is 16.8. The second-order valence-corrected chi connectivity index (χ2v) is 17.3. The Bertz CT molecular complexity index is 1210. The molecule has 10 heteroatoms. The number of carbonyl (C=O) groups is 2.